The Labute approximate surface area is 185 Å². The number of ether oxygens (including phenoxy) is 3. The van der Waals surface area contributed by atoms with Gasteiger partial charge in [0.2, 0.25) is 0 Å². The Bertz CT molecular complexity index is 837. The van der Waals surface area contributed by atoms with Gasteiger partial charge in [-0.25, -0.2) is 9.18 Å². The highest BCUT2D eigenvalue weighted by Crippen LogP contribution is 2.43. The van der Waals surface area contributed by atoms with E-state index >= 15 is 4.39 Å². The van der Waals surface area contributed by atoms with Crippen molar-refractivity contribution in [2.75, 3.05) is 24.8 Å². The van der Waals surface area contributed by atoms with E-state index in [0.717, 1.165) is 19.0 Å². The Morgan fingerprint density at radius 2 is 1.97 bits per heavy atom. The number of nitrogens with two attached hydrogens (primary N) is 1. The Morgan fingerprint density at radius 3 is 2.55 bits per heavy atom. The number of alkyl halides is 2. The summed E-state index contributed by atoms with van der Waals surface area (Å²) in [5, 5.41) is 0. The predicted molar refractivity (Wildman–Crippen MR) is 111 cm³/mol. The number of hydrogen-bond donors (Lipinski definition) is 1. The van der Waals surface area contributed by atoms with Crippen molar-refractivity contribution in [1.82, 2.24) is 9.55 Å². The van der Waals surface area contributed by atoms with E-state index in [4.69, 9.17) is 31.5 Å². The smallest absolute Gasteiger partial charge is 0.352 e. The SMILES string of the molecule is CCCCC(=O)OC[C@@]1(CCl)OC[C@](F)(n2ccc(N)nc2=O)[C@@H]1OC(=O)CCCC. The largest absolute Gasteiger partial charge is 0.462 e. The van der Waals surface area contributed by atoms with Gasteiger partial charge in [-0.05, 0) is 18.9 Å². The Kier molecular flexibility index (Phi) is 8.81. The summed E-state index contributed by atoms with van der Waals surface area (Å²) in [6, 6.07) is 1.24. The summed E-state index contributed by atoms with van der Waals surface area (Å²) in [4.78, 5) is 40.3. The molecule has 2 N–H and O–H groups in total. The van der Waals surface area contributed by atoms with Crippen LogP contribution < -0.4 is 11.4 Å². The third-order valence-corrected chi connectivity index (χ3v) is 5.54. The van der Waals surface area contributed by atoms with Crippen LogP contribution in [0.25, 0.3) is 0 Å². The zero-order chi connectivity index (χ0) is 23.1. The third kappa shape index (κ3) is 5.74. The lowest BCUT2D eigenvalue weighted by molar-refractivity contribution is -0.177. The Morgan fingerprint density at radius 1 is 1.32 bits per heavy atom. The van der Waals surface area contributed by atoms with Gasteiger partial charge in [0.15, 0.2) is 11.7 Å². The number of unbranched alkanes of at least 4 members (excludes halogenated alkanes) is 2. The highest BCUT2D eigenvalue weighted by Gasteiger charge is 2.64. The average molecular weight is 462 g/mol. The van der Waals surface area contributed by atoms with Gasteiger partial charge in [-0.1, -0.05) is 26.7 Å². The van der Waals surface area contributed by atoms with E-state index in [2.05, 4.69) is 4.98 Å². The van der Waals surface area contributed by atoms with E-state index in [1.54, 1.807) is 0 Å². The van der Waals surface area contributed by atoms with Crippen LogP contribution in [0.3, 0.4) is 0 Å². The molecule has 0 spiro atoms. The summed E-state index contributed by atoms with van der Waals surface area (Å²) in [6.07, 6.45) is 2.38. The summed E-state index contributed by atoms with van der Waals surface area (Å²) in [5.41, 5.74) is 2.84. The number of nitrogens with zero attached hydrogens (tertiary/aromatic N) is 2. The zero-order valence-electron chi connectivity index (χ0n) is 17.8. The van der Waals surface area contributed by atoms with Crippen molar-refractivity contribution in [1.29, 1.82) is 0 Å². The molecule has 0 unspecified atom stereocenters. The highest BCUT2D eigenvalue weighted by molar-refractivity contribution is 6.18. The number of carbonyl (C=O) groups excluding carboxylic acids is 2. The fourth-order valence-corrected chi connectivity index (χ4v) is 3.56. The van der Waals surface area contributed by atoms with Crippen LogP contribution in [0.1, 0.15) is 52.4 Å². The number of nitrogen functional groups attached to an aromatic ring is 1. The topological polar surface area (TPSA) is 123 Å². The van der Waals surface area contributed by atoms with E-state index in [1.807, 2.05) is 13.8 Å². The van der Waals surface area contributed by atoms with Crippen LogP contribution in [0.2, 0.25) is 0 Å². The number of halogens is 2. The number of hydrogen-bond acceptors (Lipinski definition) is 8. The maximum absolute atomic E-state index is 16.3. The second-order valence-corrected chi connectivity index (χ2v) is 7.82. The number of esters is 2. The van der Waals surface area contributed by atoms with E-state index in [-0.39, 0.29) is 24.5 Å². The molecule has 0 bridgehead atoms. The van der Waals surface area contributed by atoms with Crippen LogP contribution in [-0.2, 0) is 29.6 Å². The van der Waals surface area contributed by atoms with Crippen LogP contribution >= 0.6 is 11.6 Å². The maximum Gasteiger partial charge on any atom is 0.352 e. The molecular formula is C20H29ClFN3O6. The molecule has 1 aliphatic heterocycles. The van der Waals surface area contributed by atoms with E-state index < -0.39 is 48.3 Å². The molecule has 31 heavy (non-hydrogen) atoms. The van der Waals surface area contributed by atoms with Crippen molar-refractivity contribution >= 4 is 29.4 Å². The molecule has 1 fully saturated rings. The standard InChI is InChI=1S/C20H29ClFN3O6/c1-3-5-7-15(26)29-12-19(11-21)17(31-16(27)8-6-4-2)20(22,13-30-19)25-10-9-14(23)24-18(25)28/h9-10,17H,3-8,11-13H2,1-2H3,(H2,23,24,28)/t17-,19-,20+/m1/s1. The molecule has 0 aromatic carbocycles. The van der Waals surface area contributed by atoms with Gasteiger partial charge in [-0.3, -0.25) is 14.2 Å². The van der Waals surface area contributed by atoms with Gasteiger partial charge < -0.3 is 19.9 Å². The number of aromatic nitrogens is 2. The van der Waals surface area contributed by atoms with Gasteiger partial charge in [-0.2, -0.15) is 4.98 Å². The van der Waals surface area contributed by atoms with Crippen molar-refractivity contribution in [3.05, 3.63) is 22.7 Å². The molecule has 2 heterocycles. The molecule has 0 amide bonds. The first-order valence-corrected chi connectivity index (χ1v) is 10.9. The van der Waals surface area contributed by atoms with Crippen LogP contribution in [-0.4, -0.2) is 52.3 Å². The van der Waals surface area contributed by atoms with Gasteiger partial charge in [0.05, 0.1) is 5.88 Å². The molecule has 0 radical (unpaired) electrons. The summed E-state index contributed by atoms with van der Waals surface area (Å²) in [6.45, 7) is 2.72. The molecule has 1 aromatic rings. The highest BCUT2D eigenvalue weighted by atomic mass is 35.5. The molecule has 9 nitrogen and oxygen atoms in total. The average Bonchev–Trinajstić information content (AvgIpc) is 3.02. The number of rotatable bonds is 11. The summed E-state index contributed by atoms with van der Waals surface area (Å²) in [5.74, 6) is -4.24. The molecule has 0 aliphatic carbocycles. The summed E-state index contributed by atoms with van der Waals surface area (Å²) < 4.78 is 33.3. The lowest BCUT2D eigenvalue weighted by atomic mass is 9.94. The van der Waals surface area contributed by atoms with Crippen LogP contribution in [0.5, 0.6) is 0 Å². The molecule has 1 aromatic heterocycles. The minimum atomic E-state index is -2.62. The minimum Gasteiger partial charge on any atom is -0.462 e. The summed E-state index contributed by atoms with van der Waals surface area (Å²) >= 11 is 6.12. The van der Waals surface area contributed by atoms with Crippen LogP contribution in [0, 0.1) is 0 Å². The summed E-state index contributed by atoms with van der Waals surface area (Å²) in [7, 11) is 0. The van der Waals surface area contributed by atoms with E-state index in [1.165, 1.54) is 6.07 Å². The molecule has 1 aliphatic rings. The van der Waals surface area contributed by atoms with Gasteiger partial charge >= 0.3 is 17.6 Å². The quantitative estimate of drug-likeness (QED) is 0.393. The zero-order valence-corrected chi connectivity index (χ0v) is 18.5. The van der Waals surface area contributed by atoms with Crippen LogP contribution in [0.15, 0.2) is 17.1 Å². The maximum atomic E-state index is 16.3. The van der Waals surface area contributed by atoms with E-state index in [0.29, 0.717) is 17.4 Å². The fourth-order valence-electron chi connectivity index (χ4n) is 3.26. The number of anilines is 1. The Hall–Kier alpha value is -2.20. The first-order chi connectivity index (χ1) is 14.7. The Balaban J connectivity index is 2.38. The van der Waals surface area contributed by atoms with Gasteiger partial charge in [0, 0.05) is 19.0 Å². The van der Waals surface area contributed by atoms with E-state index in [9.17, 15) is 14.4 Å². The van der Waals surface area contributed by atoms with Crippen LogP contribution in [0.4, 0.5) is 10.2 Å². The lowest BCUT2D eigenvalue weighted by Gasteiger charge is -2.35. The molecule has 0 saturated carbocycles. The molecule has 11 heteroatoms. The first-order valence-electron chi connectivity index (χ1n) is 10.3. The normalized spacial score (nSPS) is 25.4. The van der Waals surface area contributed by atoms with Gasteiger partial charge in [-0.15, -0.1) is 11.6 Å². The molecule has 3 atom stereocenters. The third-order valence-electron chi connectivity index (χ3n) is 5.09. The second kappa shape index (κ2) is 10.9. The molecule has 174 valence electrons. The van der Waals surface area contributed by atoms with Gasteiger partial charge in [0.25, 0.3) is 5.79 Å². The number of carbonyl (C=O) groups is 2. The predicted octanol–water partition coefficient (Wildman–Crippen LogP) is 2.29. The van der Waals surface area contributed by atoms with Crippen molar-refractivity contribution < 1.29 is 28.2 Å². The van der Waals surface area contributed by atoms with Crippen molar-refractivity contribution in [3.63, 3.8) is 0 Å². The van der Waals surface area contributed by atoms with Crippen molar-refractivity contribution in [2.45, 2.75) is 69.9 Å². The van der Waals surface area contributed by atoms with Gasteiger partial charge in [0.1, 0.15) is 19.0 Å². The lowest BCUT2D eigenvalue weighted by Crippen LogP contribution is -2.57. The molecule has 2 rings (SSSR count). The monoisotopic (exact) mass is 461 g/mol. The fraction of sp³-hybridized carbons (Fsp3) is 0.700. The first kappa shape index (κ1) is 25.1. The minimum absolute atomic E-state index is 0.0482. The second-order valence-electron chi connectivity index (χ2n) is 7.55. The molecular weight excluding hydrogens is 433 g/mol. The van der Waals surface area contributed by atoms with Crippen molar-refractivity contribution in [2.24, 2.45) is 0 Å². The molecule has 1 saturated heterocycles. The van der Waals surface area contributed by atoms with Crippen molar-refractivity contribution in [3.8, 4) is 0 Å².